The molecule has 2 aromatic rings. The second-order valence-corrected chi connectivity index (χ2v) is 9.41. The molecule has 1 fully saturated rings. The SMILES string of the molecule is CS(=O)(=O)O.Cc1cccc(CC2C3CCc4ccccc4C3CN2C)c1. The molecule has 27 heavy (non-hydrogen) atoms. The van der Waals surface area contributed by atoms with Crippen LogP contribution in [-0.2, 0) is 23.0 Å². The monoisotopic (exact) mass is 387 g/mol. The number of hydrogen-bond donors (Lipinski definition) is 1. The topological polar surface area (TPSA) is 57.6 Å². The number of aryl methyl sites for hydroxylation is 2. The number of likely N-dealkylation sites (N-methyl/N-ethyl adjacent to an activating group) is 1. The van der Waals surface area contributed by atoms with E-state index in [-0.39, 0.29) is 0 Å². The average Bonchev–Trinajstić information content (AvgIpc) is 2.90. The highest BCUT2D eigenvalue weighted by atomic mass is 32.2. The van der Waals surface area contributed by atoms with Gasteiger partial charge in [0, 0.05) is 18.5 Å². The van der Waals surface area contributed by atoms with Crippen LogP contribution in [-0.4, -0.2) is 43.8 Å². The van der Waals surface area contributed by atoms with Gasteiger partial charge in [-0.3, -0.25) is 4.55 Å². The summed E-state index contributed by atoms with van der Waals surface area (Å²) >= 11 is 0. The van der Waals surface area contributed by atoms with Crippen molar-refractivity contribution in [1.29, 1.82) is 0 Å². The van der Waals surface area contributed by atoms with Gasteiger partial charge in [-0.05, 0) is 55.8 Å². The molecular formula is C22H29NO3S. The maximum atomic E-state index is 9.19. The fourth-order valence-corrected chi connectivity index (χ4v) is 4.73. The van der Waals surface area contributed by atoms with E-state index in [0.717, 1.165) is 11.8 Å². The Hall–Kier alpha value is -1.69. The van der Waals surface area contributed by atoms with E-state index in [9.17, 15) is 8.42 Å². The Morgan fingerprint density at radius 1 is 1.15 bits per heavy atom. The zero-order valence-electron chi connectivity index (χ0n) is 16.3. The lowest BCUT2D eigenvalue weighted by atomic mass is 9.73. The molecule has 1 N–H and O–H groups in total. The number of fused-ring (bicyclic) bond motifs is 3. The molecule has 0 bridgehead atoms. The van der Waals surface area contributed by atoms with Crippen molar-refractivity contribution in [2.45, 2.75) is 38.1 Å². The van der Waals surface area contributed by atoms with Crippen molar-refractivity contribution in [3.05, 3.63) is 70.8 Å². The third-order valence-electron chi connectivity index (χ3n) is 5.79. The molecular weight excluding hydrogens is 358 g/mol. The van der Waals surface area contributed by atoms with Crippen molar-refractivity contribution < 1.29 is 13.0 Å². The summed E-state index contributed by atoms with van der Waals surface area (Å²) in [5, 5.41) is 0. The third kappa shape index (κ3) is 5.18. The van der Waals surface area contributed by atoms with E-state index < -0.39 is 10.1 Å². The maximum absolute atomic E-state index is 9.19. The van der Waals surface area contributed by atoms with Crippen LogP contribution in [0.5, 0.6) is 0 Å². The molecule has 4 rings (SSSR count). The molecule has 146 valence electrons. The Balaban J connectivity index is 0.000000376. The van der Waals surface area contributed by atoms with Crippen LogP contribution in [0.2, 0.25) is 0 Å². The first-order valence-corrected chi connectivity index (χ1v) is 11.3. The maximum Gasteiger partial charge on any atom is 0.261 e. The summed E-state index contributed by atoms with van der Waals surface area (Å²) in [6, 6.07) is 18.9. The minimum absolute atomic E-state index is 0.695. The Labute approximate surface area is 163 Å². The molecule has 0 radical (unpaired) electrons. The van der Waals surface area contributed by atoms with Gasteiger partial charge in [0.2, 0.25) is 0 Å². The molecule has 3 unspecified atom stereocenters. The minimum Gasteiger partial charge on any atom is -0.302 e. The molecule has 2 aromatic carbocycles. The van der Waals surface area contributed by atoms with E-state index in [2.05, 4.69) is 67.4 Å². The van der Waals surface area contributed by atoms with Crippen LogP contribution in [0.15, 0.2) is 48.5 Å². The molecule has 0 saturated carbocycles. The van der Waals surface area contributed by atoms with Crippen LogP contribution in [0.4, 0.5) is 0 Å². The van der Waals surface area contributed by atoms with E-state index in [1.807, 2.05) is 0 Å². The molecule has 1 saturated heterocycles. The second-order valence-electron chi connectivity index (χ2n) is 7.94. The van der Waals surface area contributed by atoms with Crippen molar-refractivity contribution in [3.8, 4) is 0 Å². The number of hydrogen-bond acceptors (Lipinski definition) is 3. The molecule has 4 nitrogen and oxygen atoms in total. The first kappa shape index (κ1) is 20.1. The Bertz CT molecular complexity index is 886. The predicted molar refractivity (Wildman–Crippen MR) is 110 cm³/mol. The Kier molecular flexibility index (Phi) is 6.04. The quantitative estimate of drug-likeness (QED) is 0.798. The van der Waals surface area contributed by atoms with Crippen molar-refractivity contribution in [2.75, 3.05) is 19.8 Å². The minimum atomic E-state index is -3.67. The highest BCUT2D eigenvalue weighted by Crippen LogP contribution is 2.45. The number of rotatable bonds is 2. The van der Waals surface area contributed by atoms with Gasteiger partial charge in [0.05, 0.1) is 6.26 Å². The number of nitrogens with zero attached hydrogens (tertiary/aromatic N) is 1. The summed E-state index contributed by atoms with van der Waals surface area (Å²) in [6.07, 6.45) is 4.52. The van der Waals surface area contributed by atoms with Crippen LogP contribution < -0.4 is 0 Å². The fourth-order valence-electron chi connectivity index (χ4n) is 4.73. The Morgan fingerprint density at radius 3 is 2.56 bits per heavy atom. The molecule has 0 amide bonds. The molecule has 0 spiro atoms. The lowest BCUT2D eigenvalue weighted by molar-refractivity contribution is 0.259. The average molecular weight is 388 g/mol. The summed E-state index contributed by atoms with van der Waals surface area (Å²) in [5.74, 6) is 1.56. The molecule has 2 aliphatic rings. The van der Waals surface area contributed by atoms with Gasteiger partial charge in [-0.1, -0.05) is 54.1 Å². The first-order valence-electron chi connectivity index (χ1n) is 9.48. The molecule has 1 aliphatic carbocycles. The second kappa shape index (κ2) is 8.13. The fraction of sp³-hybridized carbons (Fsp3) is 0.455. The van der Waals surface area contributed by atoms with Crippen molar-refractivity contribution in [3.63, 3.8) is 0 Å². The van der Waals surface area contributed by atoms with E-state index in [1.54, 1.807) is 11.1 Å². The third-order valence-corrected chi connectivity index (χ3v) is 5.79. The summed E-state index contributed by atoms with van der Waals surface area (Å²) in [6.45, 7) is 3.42. The molecule has 1 aliphatic heterocycles. The predicted octanol–water partition coefficient (Wildman–Crippen LogP) is 3.70. The van der Waals surface area contributed by atoms with E-state index >= 15 is 0 Å². The van der Waals surface area contributed by atoms with Crippen LogP contribution in [0.25, 0.3) is 0 Å². The van der Waals surface area contributed by atoms with Gasteiger partial charge in [-0.25, -0.2) is 0 Å². The molecule has 5 heteroatoms. The van der Waals surface area contributed by atoms with Gasteiger partial charge in [0.1, 0.15) is 0 Å². The lowest BCUT2D eigenvalue weighted by Gasteiger charge is -2.31. The summed E-state index contributed by atoms with van der Waals surface area (Å²) in [7, 11) is -1.35. The van der Waals surface area contributed by atoms with Gasteiger partial charge >= 0.3 is 0 Å². The van der Waals surface area contributed by atoms with Gasteiger partial charge in [-0.2, -0.15) is 8.42 Å². The zero-order valence-corrected chi connectivity index (χ0v) is 17.1. The van der Waals surface area contributed by atoms with Gasteiger partial charge in [0.15, 0.2) is 0 Å². The summed E-state index contributed by atoms with van der Waals surface area (Å²) in [5.41, 5.74) is 6.09. The first-order chi connectivity index (χ1) is 12.7. The largest absolute Gasteiger partial charge is 0.302 e. The molecule has 3 atom stereocenters. The van der Waals surface area contributed by atoms with E-state index in [1.165, 1.54) is 36.9 Å². The summed E-state index contributed by atoms with van der Waals surface area (Å²) < 4.78 is 25.9. The van der Waals surface area contributed by atoms with E-state index in [0.29, 0.717) is 12.3 Å². The van der Waals surface area contributed by atoms with E-state index in [4.69, 9.17) is 4.55 Å². The Morgan fingerprint density at radius 2 is 1.85 bits per heavy atom. The standard InChI is InChI=1S/C21H25N.CH4O3S/c1-15-6-5-7-16(12-15)13-21-19-11-10-17-8-3-4-9-18(17)20(19)14-22(21)2;1-5(2,3)4/h3-9,12,19-21H,10-11,13-14H2,1-2H3;1H3,(H,2,3,4). The highest BCUT2D eigenvalue weighted by Gasteiger charge is 2.42. The van der Waals surface area contributed by atoms with Gasteiger partial charge in [-0.15, -0.1) is 0 Å². The molecule has 1 heterocycles. The van der Waals surface area contributed by atoms with Crippen LogP contribution in [0, 0.1) is 12.8 Å². The zero-order chi connectivity index (χ0) is 19.6. The van der Waals surface area contributed by atoms with Crippen LogP contribution in [0.1, 0.15) is 34.6 Å². The van der Waals surface area contributed by atoms with Crippen LogP contribution >= 0.6 is 0 Å². The van der Waals surface area contributed by atoms with Crippen molar-refractivity contribution in [2.24, 2.45) is 5.92 Å². The number of benzene rings is 2. The van der Waals surface area contributed by atoms with Gasteiger partial charge < -0.3 is 4.90 Å². The van der Waals surface area contributed by atoms with Crippen LogP contribution in [0.3, 0.4) is 0 Å². The van der Waals surface area contributed by atoms with Crippen molar-refractivity contribution in [1.82, 2.24) is 4.90 Å². The summed E-state index contributed by atoms with van der Waals surface area (Å²) in [4.78, 5) is 2.61. The smallest absolute Gasteiger partial charge is 0.261 e. The highest BCUT2D eigenvalue weighted by molar-refractivity contribution is 7.85. The normalized spacial score (nSPS) is 24.5. The lowest BCUT2D eigenvalue weighted by Crippen LogP contribution is -2.32. The number of likely N-dealkylation sites (tertiary alicyclic amines) is 1. The molecule has 0 aromatic heterocycles. The van der Waals surface area contributed by atoms with Crippen molar-refractivity contribution >= 4 is 10.1 Å². The van der Waals surface area contributed by atoms with Gasteiger partial charge in [0.25, 0.3) is 10.1 Å².